The second kappa shape index (κ2) is 9.81. The van der Waals surface area contributed by atoms with Gasteiger partial charge in [-0.25, -0.2) is 9.78 Å². The number of carboxylic acids is 1. The van der Waals surface area contributed by atoms with Crippen molar-refractivity contribution in [1.82, 2.24) is 30.2 Å². The molecule has 0 aliphatic rings. The van der Waals surface area contributed by atoms with E-state index in [0.29, 0.717) is 18.2 Å². The molecule has 2 aromatic heterocycles. The maximum Gasteiger partial charge on any atom is 0.326 e. The number of nitrogens with zero attached hydrogens (tertiary/aromatic N) is 6. The van der Waals surface area contributed by atoms with E-state index in [2.05, 4.69) is 27.5 Å². The molecule has 1 unspecified atom stereocenters. The van der Waals surface area contributed by atoms with Crippen molar-refractivity contribution in [3.05, 3.63) is 42.5 Å². The molecule has 0 amide bonds. The Morgan fingerprint density at radius 1 is 1.12 bits per heavy atom. The molecule has 1 atom stereocenters. The molecule has 9 heteroatoms. The van der Waals surface area contributed by atoms with Crippen LogP contribution in [-0.4, -0.2) is 55.3 Å². The van der Waals surface area contributed by atoms with E-state index in [1.54, 1.807) is 0 Å². The molecule has 0 aliphatic heterocycles. The van der Waals surface area contributed by atoms with Gasteiger partial charge in [0, 0.05) is 19.7 Å². The van der Waals surface area contributed by atoms with Crippen molar-refractivity contribution in [2.75, 3.05) is 19.0 Å². The van der Waals surface area contributed by atoms with Crippen molar-refractivity contribution in [3.63, 3.8) is 0 Å². The van der Waals surface area contributed by atoms with Gasteiger partial charge in [-0.15, -0.1) is 10.2 Å². The molecule has 4 rings (SSSR count). The molecule has 2 aromatic carbocycles. The molecule has 0 fully saturated rings. The van der Waals surface area contributed by atoms with Crippen molar-refractivity contribution in [1.29, 1.82) is 0 Å². The molecule has 2 N–H and O–H groups in total. The minimum atomic E-state index is -0.833. The first-order valence-electron chi connectivity index (χ1n) is 11.3. The Morgan fingerprint density at radius 2 is 1.91 bits per heavy atom. The molecular formula is C24H29N7O2. The van der Waals surface area contributed by atoms with Crippen LogP contribution >= 0.6 is 0 Å². The highest BCUT2D eigenvalue weighted by atomic mass is 16.4. The number of fused-ring (bicyclic) bond motifs is 1. The summed E-state index contributed by atoms with van der Waals surface area (Å²) in [6.45, 7) is 2.15. The molecule has 9 nitrogen and oxygen atoms in total. The number of H-pyrrole nitrogens is 1. The van der Waals surface area contributed by atoms with Gasteiger partial charge in [0.2, 0.25) is 11.8 Å². The van der Waals surface area contributed by atoms with Crippen LogP contribution < -0.4 is 4.90 Å². The average molecular weight is 448 g/mol. The first-order chi connectivity index (χ1) is 16.0. The first kappa shape index (κ1) is 22.4. The first-order valence-corrected chi connectivity index (χ1v) is 11.3. The van der Waals surface area contributed by atoms with Gasteiger partial charge in [-0.05, 0) is 34.9 Å². The summed E-state index contributed by atoms with van der Waals surface area (Å²) in [7, 11) is 3.78. The Hall–Kier alpha value is -3.75. The number of aromatic nitrogens is 6. The molecule has 0 spiro atoms. The SMILES string of the molecule is CCCCCCC(C(=O)O)n1c(N(C)C)nc2cc(-c3ccccc3-c3nn[nH]n3)ccc21. The summed E-state index contributed by atoms with van der Waals surface area (Å²) in [6.07, 6.45) is 4.70. The number of carboxylic acid groups (broad SMARTS) is 1. The van der Waals surface area contributed by atoms with Crippen molar-refractivity contribution in [3.8, 4) is 22.5 Å². The third-order valence-electron chi connectivity index (χ3n) is 5.82. The zero-order valence-electron chi connectivity index (χ0n) is 19.2. The van der Waals surface area contributed by atoms with E-state index in [1.807, 2.05) is 66.0 Å². The number of imidazole rings is 1. The molecule has 4 aromatic rings. The van der Waals surface area contributed by atoms with Crippen LogP contribution in [0.4, 0.5) is 5.95 Å². The molecule has 33 heavy (non-hydrogen) atoms. The summed E-state index contributed by atoms with van der Waals surface area (Å²) in [5.41, 5.74) is 4.32. The van der Waals surface area contributed by atoms with Gasteiger partial charge in [0.05, 0.1) is 11.0 Å². The van der Waals surface area contributed by atoms with Gasteiger partial charge in [-0.2, -0.15) is 5.21 Å². The maximum atomic E-state index is 12.3. The fourth-order valence-corrected chi connectivity index (χ4v) is 4.21. The normalized spacial score (nSPS) is 12.2. The predicted molar refractivity (Wildman–Crippen MR) is 128 cm³/mol. The van der Waals surface area contributed by atoms with E-state index in [9.17, 15) is 9.90 Å². The Morgan fingerprint density at radius 3 is 2.58 bits per heavy atom. The van der Waals surface area contributed by atoms with E-state index in [-0.39, 0.29) is 0 Å². The minimum Gasteiger partial charge on any atom is -0.480 e. The van der Waals surface area contributed by atoms with Gasteiger partial charge >= 0.3 is 5.97 Å². The number of anilines is 1. The van der Waals surface area contributed by atoms with E-state index in [4.69, 9.17) is 4.98 Å². The molecule has 2 heterocycles. The number of nitrogens with one attached hydrogen (secondary N) is 1. The third kappa shape index (κ3) is 4.57. The topological polar surface area (TPSA) is 113 Å². The van der Waals surface area contributed by atoms with E-state index < -0.39 is 12.0 Å². The number of hydrogen-bond acceptors (Lipinski definition) is 6. The van der Waals surface area contributed by atoms with E-state index >= 15 is 0 Å². The highest BCUT2D eigenvalue weighted by Gasteiger charge is 2.26. The minimum absolute atomic E-state index is 0.517. The lowest BCUT2D eigenvalue weighted by Gasteiger charge is -2.21. The number of aliphatic carboxylic acids is 1. The quantitative estimate of drug-likeness (QED) is 0.343. The molecule has 0 radical (unpaired) electrons. The monoisotopic (exact) mass is 447 g/mol. The summed E-state index contributed by atoms with van der Waals surface area (Å²) in [6, 6.07) is 13.1. The lowest BCUT2D eigenvalue weighted by Crippen LogP contribution is -2.24. The number of rotatable bonds is 10. The third-order valence-corrected chi connectivity index (χ3v) is 5.82. The van der Waals surface area contributed by atoms with Crippen molar-refractivity contribution < 1.29 is 9.90 Å². The van der Waals surface area contributed by atoms with Crippen LogP contribution in [0.5, 0.6) is 0 Å². The fourth-order valence-electron chi connectivity index (χ4n) is 4.21. The van der Waals surface area contributed by atoms with Gasteiger partial charge in [-0.1, -0.05) is 62.9 Å². The molecule has 172 valence electrons. The molecule has 0 bridgehead atoms. The lowest BCUT2D eigenvalue weighted by molar-refractivity contribution is -0.141. The van der Waals surface area contributed by atoms with Crippen molar-refractivity contribution >= 4 is 23.0 Å². The number of carbonyl (C=O) groups is 1. The van der Waals surface area contributed by atoms with Crippen LogP contribution in [0, 0.1) is 0 Å². The Labute approximate surface area is 192 Å². The Bertz CT molecular complexity index is 1230. The number of aromatic amines is 1. The highest BCUT2D eigenvalue weighted by Crippen LogP contribution is 2.35. The summed E-state index contributed by atoms with van der Waals surface area (Å²) in [5.74, 6) is 0.320. The molecule has 0 aliphatic carbocycles. The molecular weight excluding hydrogens is 418 g/mol. The van der Waals surface area contributed by atoms with E-state index in [0.717, 1.165) is 53.4 Å². The van der Waals surface area contributed by atoms with Crippen LogP contribution in [0.1, 0.15) is 45.1 Å². The zero-order chi connectivity index (χ0) is 23.4. The highest BCUT2D eigenvalue weighted by molar-refractivity contribution is 5.89. The van der Waals surface area contributed by atoms with Gasteiger partial charge < -0.3 is 10.0 Å². The number of benzene rings is 2. The predicted octanol–water partition coefficient (Wildman–Crippen LogP) is 4.55. The van der Waals surface area contributed by atoms with Crippen LogP contribution in [0.25, 0.3) is 33.5 Å². The van der Waals surface area contributed by atoms with E-state index in [1.165, 1.54) is 0 Å². The molecule has 0 saturated carbocycles. The maximum absolute atomic E-state index is 12.3. The summed E-state index contributed by atoms with van der Waals surface area (Å²) in [5, 5.41) is 24.5. The number of unbranched alkanes of at least 4 members (excludes halogenated alkanes) is 3. The smallest absolute Gasteiger partial charge is 0.326 e. The van der Waals surface area contributed by atoms with Crippen molar-refractivity contribution in [2.45, 2.75) is 45.1 Å². The second-order valence-corrected chi connectivity index (χ2v) is 8.36. The summed E-state index contributed by atoms with van der Waals surface area (Å²) >= 11 is 0. The summed E-state index contributed by atoms with van der Waals surface area (Å²) in [4.78, 5) is 18.9. The van der Waals surface area contributed by atoms with Gasteiger partial charge in [-0.3, -0.25) is 4.57 Å². The Balaban J connectivity index is 1.79. The Kier molecular flexibility index (Phi) is 6.67. The van der Waals surface area contributed by atoms with Crippen LogP contribution in [0.15, 0.2) is 42.5 Å². The lowest BCUT2D eigenvalue weighted by atomic mass is 9.99. The summed E-state index contributed by atoms with van der Waals surface area (Å²) < 4.78 is 1.86. The van der Waals surface area contributed by atoms with Gasteiger partial charge in [0.1, 0.15) is 6.04 Å². The molecule has 0 saturated heterocycles. The standard InChI is InChI=1S/C24H29N7O2/c1-4-5-6-7-12-21(23(32)33)31-20-14-13-16(15-19(20)25-24(31)30(2)3)17-10-8-9-11-18(17)22-26-28-29-27-22/h8-11,13-15,21H,4-7,12H2,1-3H3,(H,32,33)(H,26,27,28,29). The number of tetrazole rings is 1. The van der Waals surface area contributed by atoms with Crippen LogP contribution in [-0.2, 0) is 4.79 Å². The fraction of sp³-hybridized carbons (Fsp3) is 0.375. The largest absolute Gasteiger partial charge is 0.480 e. The average Bonchev–Trinajstić information content (AvgIpc) is 3.47. The van der Waals surface area contributed by atoms with Crippen LogP contribution in [0.2, 0.25) is 0 Å². The second-order valence-electron chi connectivity index (χ2n) is 8.36. The van der Waals surface area contributed by atoms with Crippen molar-refractivity contribution in [2.24, 2.45) is 0 Å². The van der Waals surface area contributed by atoms with Crippen LogP contribution in [0.3, 0.4) is 0 Å². The zero-order valence-corrected chi connectivity index (χ0v) is 19.2. The number of hydrogen-bond donors (Lipinski definition) is 2. The van der Waals surface area contributed by atoms with Gasteiger partial charge in [0.15, 0.2) is 0 Å². The van der Waals surface area contributed by atoms with Gasteiger partial charge in [0.25, 0.3) is 0 Å².